The Hall–Kier alpha value is -4.20. The number of aromatic nitrogens is 4. The van der Waals surface area contributed by atoms with E-state index in [4.69, 9.17) is 9.15 Å². The molecule has 0 radical (unpaired) electrons. The van der Waals surface area contributed by atoms with Crippen LogP contribution in [0.3, 0.4) is 0 Å². The van der Waals surface area contributed by atoms with E-state index in [0.29, 0.717) is 22.7 Å². The van der Waals surface area contributed by atoms with Gasteiger partial charge in [-0.25, -0.2) is 0 Å². The van der Waals surface area contributed by atoms with E-state index in [1.54, 1.807) is 23.8 Å². The molecule has 2 aromatic carbocycles. The number of amides is 1. The van der Waals surface area contributed by atoms with Crippen LogP contribution in [0, 0.1) is 6.92 Å². The predicted octanol–water partition coefficient (Wildman–Crippen LogP) is 4.11. The van der Waals surface area contributed by atoms with E-state index in [-0.39, 0.29) is 11.7 Å². The molecule has 1 amide bonds. The zero-order valence-electron chi connectivity index (χ0n) is 16.3. The average Bonchev–Trinajstić information content (AvgIpc) is 3.38. The molecule has 0 saturated heterocycles. The molecule has 0 bridgehead atoms. The largest absolute Gasteiger partial charge is 0.493 e. The van der Waals surface area contributed by atoms with Crippen LogP contribution >= 0.6 is 0 Å². The van der Waals surface area contributed by atoms with Gasteiger partial charge in [-0.15, -0.1) is 10.2 Å². The van der Waals surface area contributed by atoms with Crippen LogP contribution in [-0.4, -0.2) is 32.8 Å². The van der Waals surface area contributed by atoms with Crippen molar-refractivity contribution in [3.05, 3.63) is 72.2 Å². The number of fused-ring (bicyclic) bond motifs is 2. The van der Waals surface area contributed by atoms with Crippen molar-refractivity contribution in [1.82, 2.24) is 19.8 Å². The van der Waals surface area contributed by atoms with Gasteiger partial charge in [-0.05, 0) is 43.3 Å². The van der Waals surface area contributed by atoms with Gasteiger partial charge >= 0.3 is 0 Å². The van der Waals surface area contributed by atoms with E-state index in [1.807, 2.05) is 55.5 Å². The van der Waals surface area contributed by atoms with Gasteiger partial charge in [0.05, 0.1) is 12.8 Å². The summed E-state index contributed by atoms with van der Waals surface area (Å²) in [5, 5.41) is 16.3. The molecule has 30 heavy (non-hydrogen) atoms. The third-order valence-electron chi connectivity index (χ3n) is 4.81. The third kappa shape index (κ3) is 3.04. The van der Waals surface area contributed by atoms with Crippen LogP contribution in [0.5, 0.6) is 5.75 Å². The normalized spacial score (nSPS) is 11.1. The Bertz CT molecular complexity index is 1390. The number of benzene rings is 2. The van der Waals surface area contributed by atoms with Crippen molar-refractivity contribution in [2.45, 2.75) is 6.92 Å². The molecule has 0 atom stereocenters. The third-order valence-corrected chi connectivity index (χ3v) is 4.81. The zero-order valence-corrected chi connectivity index (χ0v) is 16.3. The summed E-state index contributed by atoms with van der Waals surface area (Å²) in [6.07, 6.45) is 0. The predicted molar refractivity (Wildman–Crippen MR) is 112 cm³/mol. The topological polar surface area (TPSA) is 94.5 Å². The minimum atomic E-state index is -0.333. The maximum Gasteiger partial charge on any atom is 0.291 e. The van der Waals surface area contributed by atoms with Crippen molar-refractivity contribution in [3.8, 4) is 17.0 Å². The molecule has 3 aromatic heterocycles. The number of nitrogens with one attached hydrogen (secondary N) is 1. The minimum absolute atomic E-state index is 0.216. The van der Waals surface area contributed by atoms with Gasteiger partial charge in [-0.3, -0.25) is 4.79 Å². The van der Waals surface area contributed by atoms with Crippen LogP contribution in [-0.2, 0) is 0 Å². The quantitative estimate of drug-likeness (QED) is 0.489. The number of furan rings is 1. The summed E-state index contributed by atoms with van der Waals surface area (Å²) >= 11 is 0. The molecule has 148 valence electrons. The Kier molecular flexibility index (Phi) is 4.17. The zero-order chi connectivity index (χ0) is 20.7. The highest BCUT2D eigenvalue weighted by Gasteiger charge is 2.15. The highest BCUT2D eigenvalue weighted by atomic mass is 16.5. The number of ether oxygens (including phenoxy) is 1. The summed E-state index contributed by atoms with van der Waals surface area (Å²) in [5.41, 5.74) is 3.59. The number of aryl methyl sites for hydroxylation is 1. The SMILES string of the molecule is COc1cccc2cc(C(=O)Nc3ccc(-c4ccc5nnc(C)n5n4)cc3)oc12. The first-order valence-electron chi connectivity index (χ1n) is 9.30. The number of hydrogen-bond acceptors (Lipinski definition) is 6. The van der Waals surface area contributed by atoms with Crippen molar-refractivity contribution in [2.75, 3.05) is 12.4 Å². The smallest absolute Gasteiger partial charge is 0.291 e. The molecule has 0 unspecified atom stereocenters. The summed E-state index contributed by atoms with van der Waals surface area (Å²) in [4.78, 5) is 12.6. The summed E-state index contributed by atoms with van der Waals surface area (Å²) in [6.45, 7) is 1.85. The molecule has 0 aliphatic heterocycles. The lowest BCUT2D eigenvalue weighted by molar-refractivity contribution is 0.0998. The molecule has 8 nitrogen and oxygen atoms in total. The molecule has 5 aromatic rings. The summed E-state index contributed by atoms with van der Waals surface area (Å²) in [7, 11) is 1.57. The fraction of sp³-hybridized carbons (Fsp3) is 0.0909. The van der Waals surface area contributed by atoms with E-state index in [1.165, 1.54) is 0 Å². The number of rotatable bonds is 4. The minimum Gasteiger partial charge on any atom is -0.493 e. The lowest BCUT2D eigenvalue weighted by atomic mass is 10.1. The van der Waals surface area contributed by atoms with Crippen molar-refractivity contribution in [1.29, 1.82) is 0 Å². The first-order chi connectivity index (χ1) is 14.6. The second-order valence-electron chi connectivity index (χ2n) is 6.76. The lowest BCUT2D eigenvalue weighted by Gasteiger charge is -2.06. The fourth-order valence-corrected chi connectivity index (χ4v) is 3.28. The molecule has 1 N–H and O–H groups in total. The van der Waals surface area contributed by atoms with Crippen LogP contribution in [0.1, 0.15) is 16.4 Å². The van der Waals surface area contributed by atoms with Crippen LogP contribution in [0.25, 0.3) is 27.9 Å². The maximum absolute atomic E-state index is 12.6. The molecule has 8 heteroatoms. The van der Waals surface area contributed by atoms with Gasteiger partial charge in [0.1, 0.15) is 0 Å². The van der Waals surface area contributed by atoms with E-state index in [2.05, 4.69) is 20.6 Å². The van der Waals surface area contributed by atoms with Gasteiger partial charge in [-0.1, -0.05) is 24.3 Å². The number of methoxy groups -OCH3 is 1. The lowest BCUT2D eigenvalue weighted by Crippen LogP contribution is -2.10. The number of nitrogens with zero attached hydrogens (tertiary/aromatic N) is 4. The molecule has 3 heterocycles. The summed E-state index contributed by atoms with van der Waals surface area (Å²) < 4.78 is 12.7. The van der Waals surface area contributed by atoms with Crippen LogP contribution in [0.15, 0.2) is 65.1 Å². The average molecular weight is 399 g/mol. The van der Waals surface area contributed by atoms with Gasteiger partial charge in [0.15, 0.2) is 28.6 Å². The summed E-state index contributed by atoms with van der Waals surface area (Å²) in [5.74, 6) is 1.19. The number of carbonyl (C=O) groups is 1. The van der Waals surface area contributed by atoms with Gasteiger partial charge in [-0.2, -0.15) is 9.61 Å². The Balaban J connectivity index is 1.38. The Morgan fingerprint density at radius 3 is 2.70 bits per heavy atom. The molecule has 0 fully saturated rings. The molecule has 5 rings (SSSR count). The number of anilines is 1. The Morgan fingerprint density at radius 1 is 1.07 bits per heavy atom. The van der Waals surface area contributed by atoms with E-state index >= 15 is 0 Å². The number of para-hydroxylation sites is 1. The van der Waals surface area contributed by atoms with Gasteiger partial charge in [0.25, 0.3) is 5.91 Å². The monoisotopic (exact) mass is 399 g/mol. The van der Waals surface area contributed by atoms with Gasteiger partial charge < -0.3 is 14.5 Å². The van der Waals surface area contributed by atoms with Crippen molar-refractivity contribution in [2.24, 2.45) is 0 Å². The number of carbonyl (C=O) groups excluding carboxylic acids is 1. The molecule has 0 saturated carbocycles. The van der Waals surface area contributed by atoms with Crippen LogP contribution in [0.2, 0.25) is 0 Å². The van der Waals surface area contributed by atoms with E-state index < -0.39 is 0 Å². The van der Waals surface area contributed by atoms with Gasteiger partial charge in [0.2, 0.25) is 0 Å². The Morgan fingerprint density at radius 2 is 1.90 bits per heavy atom. The highest BCUT2D eigenvalue weighted by Crippen LogP contribution is 2.29. The van der Waals surface area contributed by atoms with E-state index in [9.17, 15) is 4.79 Å². The van der Waals surface area contributed by atoms with Crippen molar-refractivity contribution >= 4 is 28.2 Å². The van der Waals surface area contributed by atoms with Crippen molar-refractivity contribution < 1.29 is 13.9 Å². The second-order valence-corrected chi connectivity index (χ2v) is 6.76. The van der Waals surface area contributed by atoms with E-state index in [0.717, 1.165) is 22.5 Å². The maximum atomic E-state index is 12.6. The first-order valence-corrected chi connectivity index (χ1v) is 9.30. The highest BCUT2D eigenvalue weighted by molar-refractivity contribution is 6.05. The molecule has 0 aliphatic rings. The second kappa shape index (κ2) is 7.00. The Labute approximate surface area is 171 Å². The van der Waals surface area contributed by atoms with Crippen LogP contribution < -0.4 is 10.1 Å². The summed E-state index contributed by atoms with van der Waals surface area (Å²) in [6, 6.07) is 18.4. The fourth-order valence-electron chi connectivity index (χ4n) is 3.28. The molecular formula is C22H17N5O3. The molecular weight excluding hydrogens is 382 g/mol. The van der Waals surface area contributed by atoms with Crippen molar-refractivity contribution in [3.63, 3.8) is 0 Å². The van der Waals surface area contributed by atoms with Crippen LogP contribution in [0.4, 0.5) is 5.69 Å². The first kappa shape index (κ1) is 17.9. The number of hydrogen-bond donors (Lipinski definition) is 1. The molecule has 0 spiro atoms. The standard InChI is InChI=1S/C22H17N5O3/c1-13-24-25-20-11-10-17(26-27(13)20)14-6-8-16(9-7-14)23-22(28)19-12-15-4-3-5-18(29-2)21(15)30-19/h3-12H,1-2H3,(H,23,28). The molecule has 0 aliphatic carbocycles. The van der Waals surface area contributed by atoms with Gasteiger partial charge in [0, 0.05) is 16.6 Å².